The van der Waals surface area contributed by atoms with Gasteiger partial charge < -0.3 is 10.1 Å². The molecular weight excluding hydrogens is 330 g/mol. The quantitative estimate of drug-likeness (QED) is 0.502. The van der Waals surface area contributed by atoms with Crippen molar-refractivity contribution in [3.63, 3.8) is 0 Å². The second kappa shape index (κ2) is 8.58. The molecule has 1 unspecified atom stereocenters. The Hall–Kier alpha value is -2.46. The van der Waals surface area contributed by atoms with Gasteiger partial charge in [-0.3, -0.25) is 4.79 Å². The molecule has 0 saturated heterocycles. The van der Waals surface area contributed by atoms with Gasteiger partial charge in [-0.15, -0.1) is 11.8 Å². The van der Waals surface area contributed by atoms with E-state index in [1.807, 2.05) is 60.7 Å². The summed E-state index contributed by atoms with van der Waals surface area (Å²) in [6.07, 6.45) is -0.535. The van der Waals surface area contributed by atoms with Crippen molar-refractivity contribution < 1.29 is 9.53 Å². The highest BCUT2D eigenvalue weighted by atomic mass is 32.2. The SMILES string of the molecule is CC(Oc1cccc2ccccc12)C(=O)NCCSc1ccccc1. The summed E-state index contributed by atoms with van der Waals surface area (Å²) in [4.78, 5) is 13.5. The highest BCUT2D eigenvalue weighted by Crippen LogP contribution is 2.26. The van der Waals surface area contributed by atoms with Crippen LogP contribution in [0.25, 0.3) is 10.8 Å². The Balaban J connectivity index is 1.50. The molecule has 0 heterocycles. The van der Waals surface area contributed by atoms with Crippen LogP contribution in [-0.2, 0) is 4.79 Å². The van der Waals surface area contributed by atoms with Crippen LogP contribution in [0.1, 0.15) is 6.92 Å². The fraction of sp³-hybridized carbons (Fsp3) is 0.190. The van der Waals surface area contributed by atoms with E-state index in [2.05, 4.69) is 17.4 Å². The Bertz CT molecular complexity index is 830. The number of hydrogen-bond acceptors (Lipinski definition) is 3. The lowest BCUT2D eigenvalue weighted by Crippen LogP contribution is -2.37. The van der Waals surface area contributed by atoms with Gasteiger partial charge in [0.15, 0.2) is 6.10 Å². The molecule has 0 saturated carbocycles. The number of nitrogens with one attached hydrogen (secondary N) is 1. The van der Waals surface area contributed by atoms with Gasteiger partial charge in [0.25, 0.3) is 5.91 Å². The number of fused-ring (bicyclic) bond motifs is 1. The normalized spacial score (nSPS) is 11.9. The lowest BCUT2D eigenvalue weighted by molar-refractivity contribution is -0.127. The fourth-order valence-corrected chi connectivity index (χ4v) is 3.34. The van der Waals surface area contributed by atoms with Crippen molar-refractivity contribution in [1.29, 1.82) is 0 Å². The first kappa shape index (κ1) is 17.4. The molecule has 3 nitrogen and oxygen atoms in total. The van der Waals surface area contributed by atoms with Gasteiger partial charge in [-0.1, -0.05) is 54.6 Å². The summed E-state index contributed by atoms with van der Waals surface area (Å²) < 4.78 is 5.89. The van der Waals surface area contributed by atoms with E-state index in [0.717, 1.165) is 22.3 Å². The topological polar surface area (TPSA) is 38.3 Å². The lowest BCUT2D eigenvalue weighted by atomic mass is 10.1. The van der Waals surface area contributed by atoms with E-state index in [1.165, 1.54) is 4.90 Å². The molecule has 25 heavy (non-hydrogen) atoms. The minimum absolute atomic E-state index is 0.0957. The van der Waals surface area contributed by atoms with Crippen LogP contribution in [0.15, 0.2) is 77.7 Å². The Labute approximate surface area is 152 Å². The van der Waals surface area contributed by atoms with Crippen LogP contribution in [0.2, 0.25) is 0 Å². The highest BCUT2D eigenvalue weighted by Gasteiger charge is 2.15. The third-order valence-electron chi connectivity index (χ3n) is 3.84. The first-order valence-electron chi connectivity index (χ1n) is 8.34. The maximum absolute atomic E-state index is 12.2. The van der Waals surface area contributed by atoms with Gasteiger partial charge in [0.2, 0.25) is 0 Å². The minimum Gasteiger partial charge on any atom is -0.480 e. The Morgan fingerprint density at radius 3 is 2.56 bits per heavy atom. The molecule has 1 atom stereocenters. The number of benzene rings is 3. The van der Waals surface area contributed by atoms with Gasteiger partial charge in [-0.2, -0.15) is 0 Å². The van der Waals surface area contributed by atoms with Gasteiger partial charge in [-0.05, 0) is 30.5 Å². The second-order valence-electron chi connectivity index (χ2n) is 5.69. The molecule has 3 aromatic rings. The van der Waals surface area contributed by atoms with E-state index >= 15 is 0 Å². The summed E-state index contributed by atoms with van der Waals surface area (Å²) in [5, 5.41) is 5.06. The summed E-state index contributed by atoms with van der Waals surface area (Å²) in [5.41, 5.74) is 0. The average molecular weight is 351 g/mol. The van der Waals surface area contributed by atoms with Crippen molar-refractivity contribution >= 4 is 28.4 Å². The van der Waals surface area contributed by atoms with Gasteiger partial charge in [-0.25, -0.2) is 0 Å². The number of ether oxygens (including phenoxy) is 1. The van der Waals surface area contributed by atoms with E-state index in [1.54, 1.807) is 18.7 Å². The summed E-state index contributed by atoms with van der Waals surface area (Å²) in [6, 6.07) is 24.1. The molecule has 1 N–H and O–H groups in total. The largest absolute Gasteiger partial charge is 0.480 e. The lowest BCUT2D eigenvalue weighted by Gasteiger charge is -2.16. The maximum Gasteiger partial charge on any atom is 0.260 e. The zero-order valence-corrected chi connectivity index (χ0v) is 15.0. The van der Waals surface area contributed by atoms with Gasteiger partial charge in [0.05, 0.1) is 0 Å². The third-order valence-corrected chi connectivity index (χ3v) is 4.85. The van der Waals surface area contributed by atoms with Crippen molar-refractivity contribution in [1.82, 2.24) is 5.32 Å². The summed E-state index contributed by atoms with van der Waals surface area (Å²) >= 11 is 1.72. The number of hydrogen-bond donors (Lipinski definition) is 1. The van der Waals surface area contributed by atoms with E-state index < -0.39 is 6.10 Å². The van der Waals surface area contributed by atoms with Crippen LogP contribution >= 0.6 is 11.8 Å². The number of carbonyl (C=O) groups excluding carboxylic acids is 1. The standard InChI is InChI=1S/C21H21NO2S/c1-16(21(23)22-14-15-25-18-10-3-2-4-11-18)24-20-13-7-9-17-8-5-6-12-19(17)20/h2-13,16H,14-15H2,1H3,(H,22,23). The van der Waals surface area contributed by atoms with Gasteiger partial charge >= 0.3 is 0 Å². The first-order valence-corrected chi connectivity index (χ1v) is 9.32. The van der Waals surface area contributed by atoms with Crippen molar-refractivity contribution in [3.8, 4) is 5.75 Å². The fourth-order valence-electron chi connectivity index (χ4n) is 2.55. The highest BCUT2D eigenvalue weighted by molar-refractivity contribution is 7.99. The average Bonchev–Trinajstić information content (AvgIpc) is 2.66. The number of thioether (sulfide) groups is 1. The molecule has 1 amide bonds. The summed E-state index contributed by atoms with van der Waals surface area (Å²) in [6.45, 7) is 2.39. The van der Waals surface area contributed by atoms with E-state index in [9.17, 15) is 4.79 Å². The molecule has 3 rings (SSSR count). The number of rotatable bonds is 7. The van der Waals surface area contributed by atoms with Crippen LogP contribution in [0.4, 0.5) is 0 Å². The Morgan fingerprint density at radius 1 is 1.00 bits per heavy atom. The second-order valence-corrected chi connectivity index (χ2v) is 6.86. The van der Waals surface area contributed by atoms with E-state index in [-0.39, 0.29) is 5.91 Å². The third kappa shape index (κ3) is 4.77. The van der Waals surface area contributed by atoms with E-state index in [4.69, 9.17) is 4.74 Å². The van der Waals surface area contributed by atoms with Crippen molar-refractivity contribution in [2.24, 2.45) is 0 Å². The summed E-state index contributed by atoms with van der Waals surface area (Å²) in [7, 11) is 0. The molecular formula is C21H21NO2S. The predicted molar refractivity (Wildman–Crippen MR) is 104 cm³/mol. The molecule has 0 bridgehead atoms. The van der Waals surface area contributed by atoms with Crippen LogP contribution in [-0.4, -0.2) is 24.3 Å². The monoisotopic (exact) mass is 351 g/mol. The Morgan fingerprint density at radius 2 is 1.72 bits per heavy atom. The zero-order chi connectivity index (χ0) is 17.5. The zero-order valence-electron chi connectivity index (χ0n) is 14.1. The van der Waals surface area contributed by atoms with Crippen molar-refractivity contribution in [2.45, 2.75) is 17.9 Å². The molecule has 128 valence electrons. The molecule has 0 fully saturated rings. The minimum atomic E-state index is -0.535. The smallest absolute Gasteiger partial charge is 0.260 e. The van der Waals surface area contributed by atoms with Crippen LogP contribution in [0.5, 0.6) is 5.75 Å². The van der Waals surface area contributed by atoms with Crippen LogP contribution in [0.3, 0.4) is 0 Å². The molecule has 0 spiro atoms. The van der Waals surface area contributed by atoms with Crippen molar-refractivity contribution in [3.05, 3.63) is 72.8 Å². The van der Waals surface area contributed by atoms with Crippen LogP contribution in [0, 0.1) is 0 Å². The molecule has 3 aromatic carbocycles. The van der Waals surface area contributed by atoms with Gasteiger partial charge in [0.1, 0.15) is 5.75 Å². The predicted octanol–water partition coefficient (Wildman–Crippen LogP) is 4.52. The number of amides is 1. The molecule has 0 aromatic heterocycles. The molecule has 4 heteroatoms. The molecule has 0 aliphatic heterocycles. The molecule has 0 aliphatic carbocycles. The van der Waals surface area contributed by atoms with Gasteiger partial charge in [0, 0.05) is 22.6 Å². The van der Waals surface area contributed by atoms with Crippen molar-refractivity contribution in [2.75, 3.05) is 12.3 Å². The summed E-state index contributed by atoms with van der Waals surface area (Å²) in [5.74, 6) is 1.47. The first-order chi connectivity index (χ1) is 12.2. The van der Waals surface area contributed by atoms with Crippen LogP contribution < -0.4 is 10.1 Å². The Kier molecular flexibility index (Phi) is 5.96. The molecule has 0 radical (unpaired) electrons. The van der Waals surface area contributed by atoms with E-state index in [0.29, 0.717) is 6.54 Å². The number of carbonyl (C=O) groups is 1. The molecule has 0 aliphatic rings. The maximum atomic E-state index is 12.2.